The Morgan fingerprint density at radius 3 is 1.71 bits per heavy atom. The Morgan fingerprint density at radius 1 is 0.683 bits per heavy atom. The number of fused-ring (bicyclic) bond motifs is 3. The standard InChI is InChI=1S/C36H32N3O2/c1-3-37-20-18-27(30-13-7-9-15-32(30)37)23-34(40)36(39-22-17-26-11-5-6-12-29(26)25-39)35(41)24-28-19-21-38(4-2)33-16-10-8-14-31(28)33/h5-25,36H,3-4H2,1-2H3/q+1/b27-23-,28-24+. The molecule has 6 rings (SSSR count). The fourth-order valence-corrected chi connectivity index (χ4v) is 5.63. The molecule has 3 aromatic carbocycles. The van der Waals surface area contributed by atoms with Gasteiger partial charge in [0.15, 0.2) is 12.4 Å². The third-order valence-corrected chi connectivity index (χ3v) is 7.74. The highest BCUT2D eigenvalue weighted by Gasteiger charge is 2.34. The number of hydrogen-bond acceptors (Lipinski definition) is 4. The van der Waals surface area contributed by atoms with Crippen molar-refractivity contribution in [3.8, 4) is 0 Å². The maximum atomic E-state index is 14.1. The van der Waals surface area contributed by atoms with E-state index in [9.17, 15) is 9.59 Å². The molecule has 202 valence electrons. The van der Waals surface area contributed by atoms with E-state index in [1.807, 2.05) is 104 Å². The fraction of sp³-hybridized carbons (Fsp3) is 0.139. The van der Waals surface area contributed by atoms with Gasteiger partial charge in [-0.1, -0.05) is 54.6 Å². The zero-order valence-electron chi connectivity index (χ0n) is 23.3. The molecule has 0 N–H and O–H groups in total. The van der Waals surface area contributed by atoms with Crippen LogP contribution in [0.15, 0.2) is 128 Å². The van der Waals surface area contributed by atoms with Crippen molar-refractivity contribution in [3.05, 3.63) is 139 Å². The van der Waals surface area contributed by atoms with Gasteiger partial charge in [0.25, 0.3) is 6.04 Å². The monoisotopic (exact) mass is 538 g/mol. The van der Waals surface area contributed by atoms with E-state index in [-0.39, 0.29) is 11.6 Å². The molecule has 0 saturated heterocycles. The molecule has 5 heteroatoms. The van der Waals surface area contributed by atoms with Gasteiger partial charge < -0.3 is 9.80 Å². The summed E-state index contributed by atoms with van der Waals surface area (Å²) in [6, 6.07) is 25.0. The van der Waals surface area contributed by atoms with Crippen molar-refractivity contribution in [1.29, 1.82) is 0 Å². The van der Waals surface area contributed by atoms with Crippen molar-refractivity contribution in [2.24, 2.45) is 0 Å². The van der Waals surface area contributed by atoms with Crippen LogP contribution in [-0.2, 0) is 9.59 Å². The summed E-state index contributed by atoms with van der Waals surface area (Å²) >= 11 is 0. The van der Waals surface area contributed by atoms with Gasteiger partial charge in [0.05, 0.1) is 0 Å². The zero-order valence-corrected chi connectivity index (χ0v) is 23.3. The van der Waals surface area contributed by atoms with Crippen LogP contribution in [0.2, 0.25) is 0 Å². The Labute approximate surface area is 240 Å². The minimum atomic E-state index is -1.05. The van der Waals surface area contributed by atoms with E-state index in [4.69, 9.17) is 0 Å². The summed E-state index contributed by atoms with van der Waals surface area (Å²) in [5, 5.41) is 2.01. The normalized spacial score (nSPS) is 16.6. The largest absolute Gasteiger partial charge is 0.348 e. The molecule has 2 aliphatic heterocycles. The highest BCUT2D eigenvalue weighted by molar-refractivity contribution is 6.17. The molecule has 1 atom stereocenters. The molecule has 2 aliphatic rings. The molecular formula is C36H32N3O2+. The Morgan fingerprint density at radius 2 is 1.17 bits per heavy atom. The van der Waals surface area contributed by atoms with Crippen LogP contribution in [0.1, 0.15) is 31.0 Å². The Kier molecular flexibility index (Phi) is 7.17. The van der Waals surface area contributed by atoms with Gasteiger partial charge in [-0.3, -0.25) is 9.59 Å². The summed E-state index contributed by atoms with van der Waals surface area (Å²) in [6.45, 7) is 5.83. The number of para-hydroxylation sites is 2. The minimum Gasteiger partial charge on any atom is -0.348 e. The molecule has 5 nitrogen and oxygen atoms in total. The molecule has 0 saturated carbocycles. The smallest absolute Gasteiger partial charge is 0.281 e. The lowest BCUT2D eigenvalue weighted by atomic mass is 9.94. The van der Waals surface area contributed by atoms with Crippen molar-refractivity contribution in [2.75, 3.05) is 22.9 Å². The predicted molar refractivity (Wildman–Crippen MR) is 166 cm³/mol. The second-order valence-corrected chi connectivity index (χ2v) is 10.2. The average Bonchev–Trinajstić information content (AvgIpc) is 3.01. The number of benzene rings is 3. The van der Waals surface area contributed by atoms with Gasteiger partial charge in [-0.25, -0.2) is 0 Å². The number of allylic oxidation sites excluding steroid dienone is 6. The van der Waals surface area contributed by atoms with Crippen LogP contribution in [-0.4, -0.2) is 24.7 Å². The van der Waals surface area contributed by atoms with E-state index in [0.29, 0.717) is 0 Å². The van der Waals surface area contributed by atoms with Gasteiger partial charge in [-0.15, -0.1) is 0 Å². The average molecular weight is 539 g/mol. The quantitative estimate of drug-likeness (QED) is 0.150. The fourth-order valence-electron chi connectivity index (χ4n) is 5.63. The summed E-state index contributed by atoms with van der Waals surface area (Å²) in [4.78, 5) is 32.5. The number of pyridine rings is 1. The van der Waals surface area contributed by atoms with Gasteiger partial charge >= 0.3 is 0 Å². The molecule has 0 fully saturated rings. The van der Waals surface area contributed by atoms with Gasteiger partial charge in [0.2, 0.25) is 11.6 Å². The molecule has 3 heterocycles. The lowest BCUT2D eigenvalue weighted by Gasteiger charge is -2.26. The SMILES string of the molecule is CCN1C=C/C(=C/C(=O)C(C(=O)/C=C2\C=CN(CC)c3ccccc32)[n+]2ccc3ccccc3c2)c2ccccc21. The third-order valence-electron chi connectivity index (χ3n) is 7.74. The number of anilines is 2. The summed E-state index contributed by atoms with van der Waals surface area (Å²) in [5.41, 5.74) is 5.63. The lowest BCUT2D eigenvalue weighted by Crippen LogP contribution is -2.47. The van der Waals surface area contributed by atoms with Crippen molar-refractivity contribution in [1.82, 2.24) is 0 Å². The Balaban J connectivity index is 1.44. The number of rotatable bonds is 7. The van der Waals surface area contributed by atoms with Crippen LogP contribution in [0.5, 0.6) is 0 Å². The van der Waals surface area contributed by atoms with E-state index in [0.717, 1.165) is 57.5 Å². The maximum absolute atomic E-state index is 14.1. The van der Waals surface area contributed by atoms with Crippen LogP contribution in [0.25, 0.3) is 21.9 Å². The van der Waals surface area contributed by atoms with Gasteiger partial charge in [0, 0.05) is 59.4 Å². The van der Waals surface area contributed by atoms with Crippen molar-refractivity contribution >= 4 is 44.9 Å². The number of hydrogen-bond donors (Lipinski definition) is 0. The van der Waals surface area contributed by atoms with E-state index in [1.165, 1.54) is 0 Å². The highest BCUT2D eigenvalue weighted by Crippen LogP contribution is 2.34. The van der Waals surface area contributed by atoms with Gasteiger partial charge in [0.1, 0.15) is 0 Å². The zero-order chi connectivity index (χ0) is 28.3. The molecule has 0 spiro atoms. The molecular weight excluding hydrogens is 506 g/mol. The van der Waals surface area contributed by atoms with Crippen molar-refractivity contribution < 1.29 is 14.2 Å². The topological polar surface area (TPSA) is 44.5 Å². The summed E-state index contributed by atoms with van der Waals surface area (Å²) in [7, 11) is 0. The molecule has 1 unspecified atom stereocenters. The van der Waals surface area contributed by atoms with Crippen LogP contribution >= 0.6 is 0 Å². The Bertz CT molecular complexity index is 1690. The second kappa shape index (κ2) is 11.2. The first-order valence-corrected chi connectivity index (χ1v) is 14.1. The predicted octanol–water partition coefficient (Wildman–Crippen LogP) is 6.68. The van der Waals surface area contributed by atoms with Crippen LogP contribution in [0.3, 0.4) is 0 Å². The number of carbonyl (C=O) groups is 2. The number of aromatic nitrogens is 1. The maximum Gasteiger partial charge on any atom is 0.281 e. The molecule has 0 radical (unpaired) electrons. The van der Waals surface area contributed by atoms with Crippen LogP contribution in [0, 0.1) is 0 Å². The van der Waals surface area contributed by atoms with Crippen molar-refractivity contribution in [2.45, 2.75) is 19.9 Å². The number of ketones is 2. The van der Waals surface area contributed by atoms with Gasteiger partial charge in [-0.2, -0.15) is 4.57 Å². The molecule has 0 bridgehead atoms. The summed E-state index contributed by atoms with van der Waals surface area (Å²) in [6.07, 6.45) is 14.8. The highest BCUT2D eigenvalue weighted by atomic mass is 16.2. The summed E-state index contributed by atoms with van der Waals surface area (Å²) < 4.78 is 1.74. The first-order valence-electron chi connectivity index (χ1n) is 14.1. The number of carbonyl (C=O) groups excluding carboxylic acids is 2. The molecule has 41 heavy (non-hydrogen) atoms. The molecule has 0 aliphatic carbocycles. The second-order valence-electron chi connectivity index (χ2n) is 10.2. The summed E-state index contributed by atoms with van der Waals surface area (Å²) in [5.74, 6) is -0.537. The molecule has 0 amide bonds. The van der Waals surface area contributed by atoms with Gasteiger partial charge in [-0.05, 0) is 72.9 Å². The van der Waals surface area contributed by atoms with E-state index >= 15 is 0 Å². The van der Waals surface area contributed by atoms with Crippen LogP contribution in [0.4, 0.5) is 11.4 Å². The van der Waals surface area contributed by atoms with Crippen molar-refractivity contribution in [3.63, 3.8) is 0 Å². The van der Waals surface area contributed by atoms with E-state index < -0.39 is 6.04 Å². The third kappa shape index (κ3) is 5.03. The molecule has 1 aromatic heterocycles. The van der Waals surface area contributed by atoms with Crippen LogP contribution < -0.4 is 14.4 Å². The lowest BCUT2D eigenvalue weighted by molar-refractivity contribution is -0.693. The van der Waals surface area contributed by atoms with E-state index in [2.05, 4.69) is 35.8 Å². The molecule has 4 aromatic rings. The number of nitrogens with zero attached hydrogens (tertiary/aromatic N) is 3. The first-order chi connectivity index (χ1) is 20.1. The first kappa shape index (κ1) is 26.2. The minimum absolute atomic E-state index is 0.269. The Hall–Kier alpha value is -5.03. The van der Waals surface area contributed by atoms with E-state index in [1.54, 1.807) is 16.7 Å².